The molecule has 142 valence electrons. The molecule has 3 heterocycles. The third-order valence-electron chi connectivity index (χ3n) is 5.22. The number of carbonyl (C=O) groups is 1. The van der Waals surface area contributed by atoms with Crippen LogP contribution in [0.1, 0.15) is 43.0 Å². The second-order valence-corrected chi connectivity index (χ2v) is 7.00. The number of anilines is 2. The molecule has 1 N–H and O–H groups in total. The maximum Gasteiger partial charge on any atom is 0.257 e. The molecular formula is C21H25N3O3. The number of pyridine rings is 1. The summed E-state index contributed by atoms with van der Waals surface area (Å²) >= 11 is 0. The van der Waals surface area contributed by atoms with Gasteiger partial charge in [0.05, 0.1) is 17.4 Å². The van der Waals surface area contributed by atoms with Gasteiger partial charge in [-0.1, -0.05) is 6.92 Å². The van der Waals surface area contributed by atoms with Gasteiger partial charge in [0, 0.05) is 30.5 Å². The number of nitrogens with zero attached hydrogens (tertiary/aromatic N) is 2. The van der Waals surface area contributed by atoms with Gasteiger partial charge in [-0.05, 0) is 43.9 Å². The molecule has 2 aliphatic heterocycles. The smallest absolute Gasteiger partial charge is 0.257 e. The molecular weight excluding hydrogens is 342 g/mol. The highest BCUT2D eigenvalue weighted by Gasteiger charge is 2.22. The Morgan fingerprint density at radius 2 is 2.04 bits per heavy atom. The molecule has 0 radical (unpaired) electrons. The van der Waals surface area contributed by atoms with E-state index in [1.807, 2.05) is 24.4 Å². The first-order valence-electron chi connectivity index (χ1n) is 9.67. The van der Waals surface area contributed by atoms with Crippen LogP contribution in [-0.2, 0) is 0 Å². The zero-order chi connectivity index (χ0) is 18.6. The largest absolute Gasteiger partial charge is 0.486 e. The van der Waals surface area contributed by atoms with Crippen LogP contribution in [0.15, 0.2) is 36.7 Å². The van der Waals surface area contributed by atoms with Crippen LogP contribution in [-0.4, -0.2) is 36.7 Å². The normalized spacial score (nSPS) is 18.9. The molecule has 0 saturated carbocycles. The summed E-state index contributed by atoms with van der Waals surface area (Å²) in [5.74, 6) is 1.19. The predicted octanol–water partition coefficient (Wildman–Crippen LogP) is 3.87. The fourth-order valence-electron chi connectivity index (χ4n) is 3.80. The predicted molar refractivity (Wildman–Crippen MR) is 105 cm³/mol. The average molecular weight is 367 g/mol. The summed E-state index contributed by atoms with van der Waals surface area (Å²) in [6.45, 7) is 4.31. The summed E-state index contributed by atoms with van der Waals surface area (Å²) in [4.78, 5) is 19.4. The van der Waals surface area contributed by atoms with Crippen molar-refractivity contribution >= 4 is 17.3 Å². The number of amides is 1. The van der Waals surface area contributed by atoms with E-state index in [0.717, 1.165) is 18.7 Å². The number of piperidine rings is 1. The molecule has 1 amide bonds. The van der Waals surface area contributed by atoms with Crippen LogP contribution in [0.4, 0.5) is 11.4 Å². The van der Waals surface area contributed by atoms with E-state index in [4.69, 9.17) is 9.47 Å². The highest BCUT2D eigenvalue weighted by atomic mass is 16.6. The van der Waals surface area contributed by atoms with E-state index < -0.39 is 0 Å². The summed E-state index contributed by atoms with van der Waals surface area (Å²) in [5.41, 5.74) is 2.26. The second kappa shape index (κ2) is 7.86. The summed E-state index contributed by atoms with van der Waals surface area (Å²) in [7, 11) is 0. The van der Waals surface area contributed by atoms with Crippen LogP contribution < -0.4 is 19.7 Å². The number of rotatable bonds is 4. The molecule has 6 heteroatoms. The van der Waals surface area contributed by atoms with Crippen molar-refractivity contribution in [1.82, 2.24) is 4.98 Å². The topological polar surface area (TPSA) is 63.7 Å². The van der Waals surface area contributed by atoms with E-state index in [1.165, 1.54) is 19.3 Å². The van der Waals surface area contributed by atoms with Crippen molar-refractivity contribution in [2.24, 2.45) is 0 Å². The SMILES string of the molecule is CCC1CCCCN1c1cncc(C(=O)Nc2ccc3c(c2)OCCO3)c1. The third-order valence-corrected chi connectivity index (χ3v) is 5.22. The number of hydrogen-bond acceptors (Lipinski definition) is 5. The molecule has 6 nitrogen and oxygen atoms in total. The minimum absolute atomic E-state index is 0.175. The number of carbonyl (C=O) groups excluding carboxylic acids is 1. The molecule has 27 heavy (non-hydrogen) atoms. The maximum atomic E-state index is 12.7. The van der Waals surface area contributed by atoms with E-state index in [0.29, 0.717) is 42.0 Å². The Bertz CT molecular complexity index is 824. The Morgan fingerprint density at radius 1 is 1.19 bits per heavy atom. The molecule has 2 aromatic rings. The molecule has 1 aromatic heterocycles. The fraction of sp³-hybridized carbons (Fsp3) is 0.429. The number of ether oxygens (including phenoxy) is 2. The summed E-state index contributed by atoms with van der Waals surface area (Å²) in [5, 5.41) is 2.93. The van der Waals surface area contributed by atoms with Gasteiger partial charge in [-0.25, -0.2) is 0 Å². The number of nitrogens with one attached hydrogen (secondary N) is 1. The Balaban J connectivity index is 1.50. The molecule has 1 aromatic carbocycles. The summed E-state index contributed by atoms with van der Waals surface area (Å²) in [6, 6.07) is 7.89. The van der Waals surface area contributed by atoms with E-state index in [2.05, 4.69) is 22.1 Å². The molecule has 1 unspecified atom stereocenters. The Hall–Kier alpha value is -2.76. The van der Waals surface area contributed by atoms with Gasteiger partial charge in [0.25, 0.3) is 5.91 Å². The van der Waals surface area contributed by atoms with Crippen molar-refractivity contribution in [3.8, 4) is 11.5 Å². The lowest BCUT2D eigenvalue weighted by molar-refractivity contribution is 0.102. The Labute approximate surface area is 159 Å². The molecule has 1 saturated heterocycles. The van der Waals surface area contributed by atoms with Crippen LogP contribution in [0.25, 0.3) is 0 Å². The van der Waals surface area contributed by atoms with Gasteiger partial charge in [0.1, 0.15) is 13.2 Å². The second-order valence-electron chi connectivity index (χ2n) is 7.00. The highest BCUT2D eigenvalue weighted by molar-refractivity contribution is 6.04. The zero-order valence-electron chi connectivity index (χ0n) is 15.6. The fourth-order valence-corrected chi connectivity index (χ4v) is 3.80. The molecule has 0 aliphatic carbocycles. The van der Waals surface area contributed by atoms with E-state index in [1.54, 1.807) is 12.3 Å². The van der Waals surface area contributed by atoms with Crippen molar-refractivity contribution in [2.75, 3.05) is 30.0 Å². The van der Waals surface area contributed by atoms with Gasteiger partial charge in [0.15, 0.2) is 11.5 Å². The minimum Gasteiger partial charge on any atom is -0.486 e. The van der Waals surface area contributed by atoms with E-state index in [-0.39, 0.29) is 5.91 Å². The van der Waals surface area contributed by atoms with Crippen molar-refractivity contribution in [2.45, 2.75) is 38.6 Å². The van der Waals surface area contributed by atoms with Gasteiger partial charge in [-0.2, -0.15) is 0 Å². The molecule has 4 rings (SSSR count). The summed E-state index contributed by atoms with van der Waals surface area (Å²) in [6.07, 6.45) is 8.23. The van der Waals surface area contributed by atoms with Gasteiger partial charge in [-0.15, -0.1) is 0 Å². The first kappa shape index (κ1) is 17.6. The molecule has 0 bridgehead atoms. The van der Waals surface area contributed by atoms with Gasteiger partial charge in [0.2, 0.25) is 0 Å². The Morgan fingerprint density at radius 3 is 2.89 bits per heavy atom. The standard InChI is InChI=1S/C21H25N3O3/c1-2-17-5-3-4-8-24(17)18-11-15(13-22-14-18)21(25)23-16-6-7-19-20(12-16)27-10-9-26-19/h6-7,11-14,17H,2-5,8-10H2,1H3,(H,23,25). The molecule has 1 atom stereocenters. The number of aromatic nitrogens is 1. The Kier molecular flexibility index (Phi) is 5.14. The van der Waals surface area contributed by atoms with Gasteiger partial charge in [-0.3, -0.25) is 9.78 Å². The van der Waals surface area contributed by atoms with E-state index >= 15 is 0 Å². The van der Waals surface area contributed by atoms with Gasteiger partial charge >= 0.3 is 0 Å². The van der Waals surface area contributed by atoms with Gasteiger partial charge < -0.3 is 19.7 Å². The van der Waals surface area contributed by atoms with Crippen molar-refractivity contribution < 1.29 is 14.3 Å². The maximum absolute atomic E-state index is 12.7. The lowest BCUT2D eigenvalue weighted by Crippen LogP contribution is -2.39. The van der Waals surface area contributed by atoms with Crippen LogP contribution >= 0.6 is 0 Å². The average Bonchev–Trinajstić information content (AvgIpc) is 2.73. The van der Waals surface area contributed by atoms with Crippen LogP contribution in [0.3, 0.4) is 0 Å². The molecule has 0 spiro atoms. The summed E-state index contributed by atoms with van der Waals surface area (Å²) < 4.78 is 11.1. The molecule has 1 fully saturated rings. The van der Waals surface area contributed by atoms with Crippen molar-refractivity contribution in [3.05, 3.63) is 42.2 Å². The monoisotopic (exact) mass is 367 g/mol. The van der Waals surface area contributed by atoms with Crippen LogP contribution in [0, 0.1) is 0 Å². The minimum atomic E-state index is -0.175. The first-order valence-corrected chi connectivity index (χ1v) is 9.67. The van der Waals surface area contributed by atoms with E-state index in [9.17, 15) is 4.79 Å². The lowest BCUT2D eigenvalue weighted by Gasteiger charge is -2.37. The number of benzene rings is 1. The first-order chi connectivity index (χ1) is 13.2. The quantitative estimate of drug-likeness (QED) is 0.889. The highest BCUT2D eigenvalue weighted by Crippen LogP contribution is 2.33. The molecule has 2 aliphatic rings. The van der Waals surface area contributed by atoms with Crippen LogP contribution in [0.5, 0.6) is 11.5 Å². The van der Waals surface area contributed by atoms with Crippen molar-refractivity contribution in [1.29, 1.82) is 0 Å². The zero-order valence-corrected chi connectivity index (χ0v) is 15.6. The number of fused-ring (bicyclic) bond motifs is 1. The third kappa shape index (κ3) is 3.84. The number of hydrogen-bond donors (Lipinski definition) is 1. The lowest BCUT2D eigenvalue weighted by atomic mass is 9.99. The van der Waals surface area contributed by atoms with Crippen LogP contribution in [0.2, 0.25) is 0 Å². The van der Waals surface area contributed by atoms with Crippen molar-refractivity contribution in [3.63, 3.8) is 0 Å².